The lowest BCUT2D eigenvalue weighted by Crippen LogP contribution is -2.36. The maximum absolute atomic E-state index is 12.3. The Morgan fingerprint density at radius 2 is 2.05 bits per heavy atom. The van der Waals surface area contributed by atoms with Crippen molar-refractivity contribution in [2.75, 3.05) is 5.73 Å². The molecule has 4 nitrogen and oxygen atoms in total. The van der Waals surface area contributed by atoms with Crippen LogP contribution in [0.1, 0.15) is 31.7 Å². The number of rotatable bonds is 3. The second kappa shape index (κ2) is 5.31. The largest absolute Gasteiger partial charge is 0.397 e. The zero-order valence-corrected chi connectivity index (χ0v) is 12.7. The van der Waals surface area contributed by atoms with Gasteiger partial charge in [0.1, 0.15) is 0 Å². The van der Waals surface area contributed by atoms with Gasteiger partial charge in [-0.25, -0.2) is 13.1 Å². The number of hydrogen-bond acceptors (Lipinski definition) is 3. The summed E-state index contributed by atoms with van der Waals surface area (Å²) in [5, 5.41) is 0.410. The summed E-state index contributed by atoms with van der Waals surface area (Å²) in [5.74, 6) is 0.375. The lowest BCUT2D eigenvalue weighted by molar-refractivity contribution is 0.476. The van der Waals surface area contributed by atoms with Crippen LogP contribution in [0.25, 0.3) is 0 Å². The summed E-state index contributed by atoms with van der Waals surface area (Å²) in [6.45, 7) is 3.82. The molecular formula is C13H19ClN2O2S. The van der Waals surface area contributed by atoms with Gasteiger partial charge in [0.2, 0.25) is 10.0 Å². The van der Waals surface area contributed by atoms with Crippen LogP contribution in [0.2, 0.25) is 5.02 Å². The van der Waals surface area contributed by atoms with E-state index in [-0.39, 0.29) is 10.9 Å². The average molecular weight is 303 g/mol. The second-order valence-corrected chi connectivity index (χ2v) is 7.37. The Labute approximate surface area is 119 Å². The van der Waals surface area contributed by atoms with Gasteiger partial charge >= 0.3 is 0 Å². The van der Waals surface area contributed by atoms with Crippen LogP contribution in [0.3, 0.4) is 0 Å². The molecule has 0 spiro atoms. The molecule has 0 bridgehead atoms. The fraction of sp³-hybridized carbons (Fsp3) is 0.538. The zero-order valence-electron chi connectivity index (χ0n) is 11.1. The number of hydrogen-bond donors (Lipinski definition) is 2. The minimum absolute atomic E-state index is 0.0159. The highest BCUT2D eigenvalue weighted by Gasteiger charge is 2.28. The average Bonchev–Trinajstić information content (AvgIpc) is 2.70. The number of nitrogens with one attached hydrogen (secondary N) is 1. The third-order valence-electron chi connectivity index (χ3n) is 3.73. The van der Waals surface area contributed by atoms with Gasteiger partial charge in [0.05, 0.1) is 15.6 Å². The van der Waals surface area contributed by atoms with Crippen LogP contribution in [0.15, 0.2) is 17.0 Å². The fourth-order valence-electron chi connectivity index (χ4n) is 2.51. The van der Waals surface area contributed by atoms with E-state index in [9.17, 15) is 8.42 Å². The molecule has 1 fully saturated rings. The summed E-state index contributed by atoms with van der Waals surface area (Å²) in [6, 6.07) is 2.99. The van der Waals surface area contributed by atoms with E-state index in [1.807, 2.05) is 0 Å². The van der Waals surface area contributed by atoms with Crippen LogP contribution in [0.5, 0.6) is 0 Å². The lowest BCUT2D eigenvalue weighted by atomic mass is 10.1. The number of benzene rings is 1. The van der Waals surface area contributed by atoms with Crippen LogP contribution in [-0.2, 0) is 10.0 Å². The molecule has 106 valence electrons. The Morgan fingerprint density at radius 1 is 1.37 bits per heavy atom. The minimum Gasteiger partial charge on any atom is -0.397 e. The van der Waals surface area contributed by atoms with Crippen LogP contribution in [0, 0.1) is 12.8 Å². The molecular weight excluding hydrogens is 284 g/mol. The molecule has 1 saturated carbocycles. The number of nitrogens with two attached hydrogens (primary N) is 1. The highest BCUT2D eigenvalue weighted by Crippen LogP contribution is 2.29. The van der Waals surface area contributed by atoms with Crippen LogP contribution in [-0.4, -0.2) is 14.5 Å². The number of sulfonamides is 1. The molecule has 1 aliphatic rings. The van der Waals surface area contributed by atoms with Crippen molar-refractivity contribution < 1.29 is 8.42 Å². The molecule has 1 aromatic carbocycles. The maximum Gasteiger partial charge on any atom is 0.240 e. The molecule has 2 rings (SSSR count). The standard InChI is InChI=1S/C13H19ClN2O2S/c1-8-4-3-5-12(8)16-19(17,18)10-6-9(2)13(14)11(15)7-10/h6-8,12,16H,3-5,15H2,1-2H3. The van der Waals surface area contributed by atoms with E-state index in [0.29, 0.717) is 22.2 Å². The summed E-state index contributed by atoms with van der Waals surface area (Å²) in [4.78, 5) is 0.186. The van der Waals surface area contributed by atoms with E-state index in [2.05, 4.69) is 11.6 Å². The molecule has 0 saturated heterocycles. The first kappa shape index (κ1) is 14.6. The molecule has 3 N–H and O–H groups in total. The molecule has 6 heteroatoms. The van der Waals surface area contributed by atoms with Gasteiger partial charge in [0.15, 0.2) is 0 Å². The van der Waals surface area contributed by atoms with E-state index in [1.54, 1.807) is 13.0 Å². The summed E-state index contributed by atoms with van der Waals surface area (Å²) in [5.41, 5.74) is 6.69. The fourth-order valence-corrected chi connectivity index (χ4v) is 4.11. The SMILES string of the molecule is Cc1cc(S(=O)(=O)NC2CCCC2C)cc(N)c1Cl. The molecule has 0 heterocycles. The first-order valence-corrected chi connectivity index (χ1v) is 8.25. The Kier molecular flexibility index (Phi) is 4.08. The number of anilines is 1. The molecule has 2 unspecified atom stereocenters. The first-order chi connectivity index (χ1) is 8.81. The monoisotopic (exact) mass is 302 g/mol. The minimum atomic E-state index is -3.53. The molecule has 0 aliphatic heterocycles. The topological polar surface area (TPSA) is 72.2 Å². The van der Waals surface area contributed by atoms with Crippen molar-refractivity contribution in [1.82, 2.24) is 4.72 Å². The van der Waals surface area contributed by atoms with Crippen molar-refractivity contribution in [3.63, 3.8) is 0 Å². The molecule has 2 atom stereocenters. The highest BCUT2D eigenvalue weighted by molar-refractivity contribution is 7.89. The van der Waals surface area contributed by atoms with Gasteiger partial charge in [-0.1, -0.05) is 24.9 Å². The molecule has 1 aliphatic carbocycles. The van der Waals surface area contributed by atoms with Crippen LogP contribution in [0.4, 0.5) is 5.69 Å². The molecule has 1 aromatic rings. The van der Waals surface area contributed by atoms with Crippen molar-refractivity contribution in [2.45, 2.75) is 44.0 Å². The smallest absolute Gasteiger partial charge is 0.240 e. The summed E-state index contributed by atoms with van der Waals surface area (Å²) in [6.07, 6.45) is 3.02. The quantitative estimate of drug-likeness (QED) is 0.843. The third-order valence-corrected chi connectivity index (χ3v) is 5.72. The van der Waals surface area contributed by atoms with Gasteiger partial charge in [0, 0.05) is 6.04 Å². The van der Waals surface area contributed by atoms with E-state index in [0.717, 1.165) is 19.3 Å². The number of halogens is 1. The van der Waals surface area contributed by atoms with Gasteiger partial charge in [0.25, 0.3) is 0 Å². The van der Waals surface area contributed by atoms with Crippen LogP contribution < -0.4 is 10.5 Å². The Balaban J connectivity index is 2.29. The normalized spacial score (nSPS) is 23.7. The van der Waals surface area contributed by atoms with Crippen molar-refractivity contribution in [3.05, 3.63) is 22.7 Å². The van der Waals surface area contributed by atoms with Gasteiger partial charge in [-0.3, -0.25) is 0 Å². The molecule has 0 radical (unpaired) electrons. The van der Waals surface area contributed by atoms with Gasteiger partial charge in [-0.05, 0) is 43.4 Å². The van der Waals surface area contributed by atoms with E-state index >= 15 is 0 Å². The third kappa shape index (κ3) is 3.04. The Hall–Kier alpha value is -0.780. The zero-order chi connectivity index (χ0) is 14.2. The Morgan fingerprint density at radius 3 is 2.58 bits per heavy atom. The van der Waals surface area contributed by atoms with Crippen molar-refractivity contribution in [3.8, 4) is 0 Å². The van der Waals surface area contributed by atoms with Crippen molar-refractivity contribution in [1.29, 1.82) is 0 Å². The maximum atomic E-state index is 12.3. The van der Waals surface area contributed by atoms with Gasteiger partial charge in [-0.15, -0.1) is 0 Å². The molecule has 0 aromatic heterocycles. The summed E-state index contributed by atoms with van der Waals surface area (Å²) in [7, 11) is -3.53. The number of aryl methyl sites for hydroxylation is 1. The van der Waals surface area contributed by atoms with Crippen molar-refractivity contribution in [2.24, 2.45) is 5.92 Å². The van der Waals surface area contributed by atoms with Crippen molar-refractivity contribution >= 4 is 27.3 Å². The van der Waals surface area contributed by atoms with E-state index < -0.39 is 10.0 Å². The predicted molar refractivity (Wildman–Crippen MR) is 77.7 cm³/mol. The summed E-state index contributed by atoms with van der Waals surface area (Å²) < 4.78 is 27.4. The predicted octanol–water partition coefficient (Wildman–Crippen LogP) is 2.70. The van der Waals surface area contributed by atoms with Gasteiger partial charge < -0.3 is 5.73 Å². The van der Waals surface area contributed by atoms with E-state index in [4.69, 9.17) is 17.3 Å². The highest BCUT2D eigenvalue weighted by atomic mass is 35.5. The number of nitrogen functional groups attached to an aromatic ring is 1. The summed E-state index contributed by atoms with van der Waals surface area (Å²) >= 11 is 5.95. The molecule has 19 heavy (non-hydrogen) atoms. The Bertz CT molecular complexity index is 563. The lowest BCUT2D eigenvalue weighted by Gasteiger charge is -2.18. The second-order valence-electron chi connectivity index (χ2n) is 5.28. The van der Waals surface area contributed by atoms with E-state index in [1.165, 1.54) is 6.07 Å². The van der Waals surface area contributed by atoms with Gasteiger partial charge in [-0.2, -0.15) is 0 Å². The first-order valence-electron chi connectivity index (χ1n) is 6.39. The van der Waals surface area contributed by atoms with Crippen LogP contribution >= 0.6 is 11.6 Å². The molecule has 0 amide bonds.